The van der Waals surface area contributed by atoms with Crippen molar-refractivity contribution in [2.75, 3.05) is 25.5 Å². The molecule has 3 N–H and O–H groups in total. The molecule has 3 aromatic rings. The molecule has 0 atom stereocenters. The van der Waals surface area contributed by atoms with E-state index in [9.17, 15) is 9.90 Å². The average Bonchev–Trinajstić information content (AvgIpc) is 3.11. The Labute approximate surface area is 192 Å². The Balaban J connectivity index is 1.71. The number of nitrogens with one attached hydrogen (secondary N) is 2. The third-order valence-corrected chi connectivity index (χ3v) is 5.65. The highest BCUT2D eigenvalue weighted by molar-refractivity contribution is 6.31. The number of aromatic amines is 1. The zero-order valence-corrected chi connectivity index (χ0v) is 19.4. The van der Waals surface area contributed by atoms with Crippen molar-refractivity contribution >= 4 is 46.3 Å². The van der Waals surface area contributed by atoms with Crippen molar-refractivity contribution in [3.8, 4) is 5.88 Å². The first-order valence-corrected chi connectivity index (χ1v) is 11.1. The lowest BCUT2D eigenvalue weighted by atomic mass is 10.2. The summed E-state index contributed by atoms with van der Waals surface area (Å²) in [5.74, 6) is 0.738. The van der Waals surface area contributed by atoms with Crippen molar-refractivity contribution in [1.82, 2.24) is 19.9 Å². The number of benzene rings is 1. The number of hydrogen-bond donors (Lipinski definition) is 3. The molecule has 1 amide bonds. The van der Waals surface area contributed by atoms with Gasteiger partial charge in [-0.2, -0.15) is 0 Å². The number of H-pyrrole nitrogens is 1. The highest BCUT2D eigenvalue weighted by Gasteiger charge is 2.15. The van der Waals surface area contributed by atoms with Crippen molar-refractivity contribution in [2.45, 2.75) is 39.5 Å². The molecule has 32 heavy (non-hydrogen) atoms. The Bertz CT molecular complexity index is 1110. The predicted molar refractivity (Wildman–Crippen MR) is 129 cm³/mol. The molecule has 1 aromatic carbocycles. The van der Waals surface area contributed by atoms with E-state index in [0.717, 1.165) is 30.5 Å². The van der Waals surface area contributed by atoms with E-state index in [2.05, 4.69) is 32.2 Å². The van der Waals surface area contributed by atoms with E-state index in [-0.39, 0.29) is 11.8 Å². The van der Waals surface area contributed by atoms with Gasteiger partial charge in [-0.15, -0.1) is 0 Å². The number of rotatable bonds is 10. The maximum atomic E-state index is 12.0. The molecule has 0 spiro atoms. The van der Waals surface area contributed by atoms with E-state index in [1.54, 1.807) is 17.2 Å². The second-order valence-corrected chi connectivity index (χ2v) is 8.13. The normalized spacial score (nSPS) is 11.4. The fourth-order valence-corrected chi connectivity index (χ4v) is 3.43. The van der Waals surface area contributed by atoms with Gasteiger partial charge in [-0.05, 0) is 43.5 Å². The number of anilines is 1. The van der Waals surface area contributed by atoms with Crippen LogP contribution < -0.4 is 5.32 Å². The summed E-state index contributed by atoms with van der Waals surface area (Å²) in [7, 11) is 1.83. The van der Waals surface area contributed by atoms with Crippen molar-refractivity contribution < 1.29 is 9.90 Å². The number of aliphatic imine (C=N–C) groups is 1. The van der Waals surface area contributed by atoms with Crippen molar-refractivity contribution in [1.29, 1.82) is 0 Å². The van der Waals surface area contributed by atoms with Gasteiger partial charge < -0.3 is 20.3 Å². The molecule has 0 saturated heterocycles. The third-order valence-electron chi connectivity index (χ3n) is 5.23. The molecule has 170 valence electrons. The van der Waals surface area contributed by atoms with E-state index in [4.69, 9.17) is 11.6 Å². The van der Waals surface area contributed by atoms with Crippen LogP contribution in [0.1, 0.15) is 43.7 Å². The topological polar surface area (TPSA) is 106 Å². The molecule has 0 saturated carbocycles. The maximum Gasteiger partial charge on any atom is 0.222 e. The van der Waals surface area contributed by atoms with Gasteiger partial charge >= 0.3 is 0 Å². The largest absolute Gasteiger partial charge is 0.494 e. The van der Waals surface area contributed by atoms with Crippen LogP contribution in [0.25, 0.3) is 11.0 Å². The lowest BCUT2D eigenvalue weighted by molar-refractivity contribution is -0.130. The van der Waals surface area contributed by atoms with Crippen LogP contribution in [0.5, 0.6) is 5.88 Å². The first kappa shape index (κ1) is 23.5. The minimum Gasteiger partial charge on any atom is -0.494 e. The van der Waals surface area contributed by atoms with Crippen LogP contribution in [0.3, 0.4) is 0 Å². The van der Waals surface area contributed by atoms with Gasteiger partial charge in [0.1, 0.15) is 17.8 Å². The van der Waals surface area contributed by atoms with Crippen molar-refractivity contribution in [2.24, 2.45) is 4.99 Å². The van der Waals surface area contributed by atoms with E-state index in [1.165, 1.54) is 6.33 Å². The summed E-state index contributed by atoms with van der Waals surface area (Å²) < 4.78 is 0. The summed E-state index contributed by atoms with van der Waals surface area (Å²) in [6.07, 6.45) is 6.31. The Morgan fingerprint density at radius 1 is 1.34 bits per heavy atom. The van der Waals surface area contributed by atoms with Crippen LogP contribution in [0, 0.1) is 6.92 Å². The number of aromatic nitrogens is 3. The van der Waals surface area contributed by atoms with Gasteiger partial charge in [0.25, 0.3) is 0 Å². The Hall–Kier alpha value is -3.13. The van der Waals surface area contributed by atoms with Crippen LogP contribution in [0.4, 0.5) is 11.5 Å². The molecule has 9 heteroatoms. The number of aryl methyl sites for hydroxylation is 1. The first-order valence-electron chi connectivity index (χ1n) is 10.7. The van der Waals surface area contributed by atoms with Gasteiger partial charge in [-0.3, -0.25) is 9.79 Å². The van der Waals surface area contributed by atoms with Crippen LogP contribution in [0.2, 0.25) is 5.02 Å². The lowest BCUT2D eigenvalue weighted by Crippen LogP contribution is -2.28. The zero-order valence-electron chi connectivity index (χ0n) is 18.7. The van der Waals surface area contributed by atoms with Gasteiger partial charge in [0, 0.05) is 37.8 Å². The van der Waals surface area contributed by atoms with E-state index in [1.807, 2.05) is 26.1 Å². The number of amides is 1. The van der Waals surface area contributed by atoms with Gasteiger partial charge in [0.05, 0.1) is 16.6 Å². The Kier molecular flexibility index (Phi) is 8.05. The highest BCUT2D eigenvalue weighted by atomic mass is 35.5. The molecule has 0 radical (unpaired) electrons. The van der Waals surface area contributed by atoms with Crippen LogP contribution in [0.15, 0.2) is 29.5 Å². The Morgan fingerprint density at radius 3 is 2.91 bits per heavy atom. The molecular weight excluding hydrogens is 428 g/mol. The van der Waals surface area contributed by atoms with Gasteiger partial charge in [0.2, 0.25) is 5.91 Å². The quantitative estimate of drug-likeness (QED) is 0.299. The highest BCUT2D eigenvalue weighted by Crippen LogP contribution is 2.30. The molecule has 2 heterocycles. The summed E-state index contributed by atoms with van der Waals surface area (Å²) in [4.78, 5) is 29.7. The molecule has 0 fully saturated rings. The van der Waals surface area contributed by atoms with E-state index in [0.29, 0.717) is 46.9 Å². The fraction of sp³-hybridized carbons (Fsp3) is 0.391. The van der Waals surface area contributed by atoms with Gasteiger partial charge in [0.15, 0.2) is 5.88 Å². The van der Waals surface area contributed by atoms with E-state index < -0.39 is 0 Å². The van der Waals surface area contributed by atoms with Crippen molar-refractivity contribution in [3.05, 3.63) is 40.7 Å². The summed E-state index contributed by atoms with van der Waals surface area (Å²) in [6, 6.07) is 5.48. The third kappa shape index (κ3) is 5.76. The summed E-state index contributed by atoms with van der Waals surface area (Å²) in [5, 5.41) is 15.0. The first-order chi connectivity index (χ1) is 15.4. The molecule has 3 rings (SSSR count). The smallest absolute Gasteiger partial charge is 0.222 e. The minimum atomic E-state index is -0.0285. The number of carbonyl (C=O) groups excluding carboxylic acids is 1. The molecule has 0 bridgehead atoms. The minimum absolute atomic E-state index is 0.0285. The van der Waals surface area contributed by atoms with Crippen LogP contribution in [-0.4, -0.2) is 57.2 Å². The van der Waals surface area contributed by atoms with E-state index >= 15 is 0 Å². The molecule has 0 aliphatic rings. The number of hydrogen-bond acceptors (Lipinski definition) is 6. The summed E-state index contributed by atoms with van der Waals surface area (Å²) >= 11 is 6.08. The standard InChI is InChI=1S/C23H29ClN6O2/c1-4-5-7-19(31)30(3)11-6-10-25-21-20-17(23(32)29-22(20)28-14-27-21)13-26-16-8-9-18(24)15(2)12-16/h8-9,12-14,32H,4-7,10-11H2,1-3H3,(H2,25,27,28,29). The number of aromatic hydroxyl groups is 1. The number of halogens is 1. The molecule has 2 aromatic heterocycles. The summed E-state index contributed by atoms with van der Waals surface area (Å²) in [6.45, 7) is 5.27. The van der Waals surface area contributed by atoms with Gasteiger partial charge in [-0.1, -0.05) is 24.9 Å². The summed E-state index contributed by atoms with van der Waals surface area (Å²) in [5.41, 5.74) is 2.67. The predicted octanol–water partition coefficient (Wildman–Crippen LogP) is 4.83. The number of nitrogens with zero attached hydrogens (tertiary/aromatic N) is 4. The van der Waals surface area contributed by atoms with Crippen LogP contribution >= 0.6 is 11.6 Å². The number of carbonyl (C=O) groups is 1. The average molecular weight is 457 g/mol. The van der Waals surface area contributed by atoms with Crippen molar-refractivity contribution in [3.63, 3.8) is 0 Å². The lowest BCUT2D eigenvalue weighted by Gasteiger charge is -2.17. The second kappa shape index (κ2) is 10.9. The molecule has 8 nitrogen and oxygen atoms in total. The number of unbranched alkanes of at least 4 members (excludes halogenated alkanes) is 1. The molecule has 0 aliphatic carbocycles. The van der Waals surface area contributed by atoms with Gasteiger partial charge in [-0.25, -0.2) is 9.97 Å². The number of fused-ring (bicyclic) bond motifs is 1. The fourth-order valence-electron chi connectivity index (χ4n) is 3.31. The second-order valence-electron chi connectivity index (χ2n) is 7.72. The molecular formula is C23H29ClN6O2. The molecule has 0 aliphatic heterocycles. The van der Waals surface area contributed by atoms with Crippen LogP contribution in [-0.2, 0) is 4.79 Å². The monoisotopic (exact) mass is 456 g/mol. The molecule has 0 unspecified atom stereocenters. The maximum absolute atomic E-state index is 12.0. The Morgan fingerprint density at radius 2 is 2.16 bits per heavy atom. The zero-order chi connectivity index (χ0) is 23.1. The SMILES string of the molecule is CCCCC(=O)N(C)CCCNc1ncnc2[nH]c(O)c(C=Nc3ccc(Cl)c(C)c3)c12.